The number of hydrogen-bond acceptors (Lipinski definition) is 5. The van der Waals surface area contributed by atoms with Gasteiger partial charge in [-0.05, 0) is 43.2 Å². The van der Waals surface area contributed by atoms with Gasteiger partial charge in [0.25, 0.3) is 15.9 Å². The number of nitrogens with one attached hydrogen (secondary N) is 3. The van der Waals surface area contributed by atoms with E-state index in [0.29, 0.717) is 23.7 Å². The fourth-order valence-corrected chi connectivity index (χ4v) is 4.33. The second-order valence-electron chi connectivity index (χ2n) is 7.99. The van der Waals surface area contributed by atoms with Gasteiger partial charge in [0, 0.05) is 38.3 Å². The molecule has 0 aromatic heterocycles. The van der Waals surface area contributed by atoms with Gasteiger partial charge in [0.05, 0.1) is 16.3 Å². The highest BCUT2D eigenvalue weighted by atomic mass is 32.2. The number of benzene rings is 2. The molecule has 0 atom stereocenters. The summed E-state index contributed by atoms with van der Waals surface area (Å²) in [6.45, 7) is 9.68. The highest BCUT2D eigenvalue weighted by Gasteiger charge is 2.21. The molecule has 8 heteroatoms. The Morgan fingerprint density at radius 3 is 2.40 bits per heavy atom. The first kappa shape index (κ1) is 22.1. The summed E-state index contributed by atoms with van der Waals surface area (Å²) in [5.41, 5.74) is 2.60. The maximum Gasteiger partial charge on any atom is 0.261 e. The highest BCUT2D eigenvalue weighted by Crippen LogP contribution is 2.30. The summed E-state index contributed by atoms with van der Waals surface area (Å²) < 4.78 is 28.7. The number of anilines is 2. The van der Waals surface area contributed by atoms with Crippen LogP contribution in [0.15, 0.2) is 47.4 Å². The van der Waals surface area contributed by atoms with E-state index in [2.05, 4.69) is 20.3 Å². The minimum atomic E-state index is -3.78. The van der Waals surface area contributed by atoms with Gasteiger partial charge in [0.1, 0.15) is 0 Å². The second kappa shape index (κ2) is 9.49. The molecule has 0 radical (unpaired) electrons. The van der Waals surface area contributed by atoms with Crippen molar-refractivity contribution in [1.82, 2.24) is 10.6 Å². The number of aryl methyl sites for hydroxylation is 1. The molecule has 30 heavy (non-hydrogen) atoms. The van der Waals surface area contributed by atoms with Crippen molar-refractivity contribution in [3.8, 4) is 0 Å². The minimum Gasteiger partial charge on any atom is -0.367 e. The van der Waals surface area contributed by atoms with E-state index in [1.807, 2.05) is 26.8 Å². The Morgan fingerprint density at radius 1 is 1.10 bits per heavy atom. The van der Waals surface area contributed by atoms with E-state index >= 15 is 0 Å². The summed E-state index contributed by atoms with van der Waals surface area (Å²) in [6.07, 6.45) is 0. The van der Waals surface area contributed by atoms with Gasteiger partial charge in [-0.3, -0.25) is 9.52 Å². The number of sulfonamides is 1. The first-order valence-corrected chi connectivity index (χ1v) is 11.7. The van der Waals surface area contributed by atoms with Crippen molar-refractivity contribution in [2.24, 2.45) is 5.92 Å². The fourth-order valence-electron chi connectivity index (χ4n) is 3.26. The molecule has 3 rings (SSSR count). The van der Waals surface area contributed by atoms with Crippen LogP contribution >= 0.6 is 0 Å². The molecule has 1 aliphatic heterocycles. The van der Waals surface area contributed by atoms with Crippen molar-refractivity contribution in [2.45, 2.75) is 25.7 Å². The van der Waals surface area contributed by atoms with Crippen LogP contribution in [-0.2, 0) is 10.0 Å². The number of carbonyl (C=O) groups is 1. The summed E-state index contributed by atoms with van der Waals surface area (Å²) in [5, 5.41) is 6.18. The lowest BCUT2D eigenvalue weighted by Crippen LogP contribution is -2.43. The van der Waals surface area contributed by atoms with Gasteiger partial charge in [-0.15, -0.1) is 0 Å². The molecule has 0 saturated carbocycles. The zero-order valence-electron chi connectivity index (χ0n) is 17.7. The Balaban J connectivity index is 1.94. The Labute approximate surface area is 178 Å². The van der Waals surface area contributed by atoms with E-state index < -0.39 is 10.0 Å². The highest BCUT2D eigenvalue weighted by molar-refractivity contribution is 7.92. The Bertz CT molecular complexity index is 982. The first-order chi connectivity index (χ1) is 14.3. The molecule has 162 valence electrons. The van der Waals surface area contributed by atoms with Crippen LogP contribution in [0.5, 0.6) is 0 Å². The van der Waals surface area contributed by atoms with Crippen molar-refractivity contribution < 1.29 is 13.2 Å². The number of amides is 1. The molecule has 1 saturated heterocycles. The molecule has 1 fully saturated rings. The third-order valence-corrected chi connectivity index (χ3v) is 6.34. The van der Waals surface area contributed by atoms with E-state index in [0.717, 1.165) is 37.4 Å². The SMILES string of the molecule is Cc1ccc(S(=O)(=O)Nc2cc(C(=O)NCC(C)C)ccc2N2CCNCC2)cc1. The topological polar surface area (TPSA) is 90.5 Å². The van der Waals surface area contributed by atoms with Gasteiger partial charge >= 0.3 is 0 Å². The third-order valence-electron chi connectivity index (χ3n) is 4.96. The average Bonchev–Trinajstić information content (AvgIpc) is 2.72. The van der Waals surface area contributed by atoms with Gasteiger partial charge < -0.3 is 15.5 Å². The standard InChI is InChI=1S/C22H30N4O3S/c1-16(2)15-24-22(27)18-6-9-21(26-12-10-23-11-13-26)20(14-18)25-30(28,29)19-7-4-17(3)5-8-19/h4-9,14,16,23,25H,10-13,15H2,1-3H3,(H,24,27). The molecule has 0 spiro atoms. The van der Waals surface area contributed by atoms with Crippen LogP contribution < -0.4 is 20.3 Å². The molecule has 0 aliphatic carbocycles. The van der Waals surface area contributed by atoms with Gasteiger partial charge in [0.2, 0.25) is 0 Å². The van der Waals surface area contributed by atoms with Crippen LogP contribution in [-0.4, -0.2) is 47.0 Å². The maximum absolute atomic E-state index is 13.0. The lowest BCUT2D eigenvalue weighted by atomic mass is 10.1. The molecule has 2 aromatic carbocycles. The Hall–Kier alpha value is -2.58. The molecule has 7 nitrogen and oxygen atoms in total. The molecule has 1 aliphatic rings. The number of carbonyl (C=O) groups excluding carboxylic acids is 1. The first-order valence-electron chi connectivity index (χ1n) is 10.2. The van der Waals surface area contributed by atoms with Gasteiger partial charge in [0.15, 0.2) is 0 Å². The van der Waals surface area contributed by atoms with Crippen LogP contribution in [0.3, 0.4) is 0 Å². The van der Waals surface area contributed by atoms with Crippen LogP contribution in [0.4, 0.5) is 11.4 Å². The van der Waals surface area contributed by atoms with E-state index in [-0.39, 0.29) is 10.8 Å². The smallest absolute Gasteiger partial charge is 0.261 e. The van der Waals surface area contributed by atoms with Crippen LogP contribution in [0.25, 0.3) is 0 Å². The number of piperazine rings is 1. The zero-order valence-corrected chi connectivity index (χ0v) is 18.6. The summed E-state index contributed by atoms with van der Waals surface area (Å²) in [4.78, 5) is 14.9. The van der Waals surface area contributed by atoms with Crippen LogP contribution in [0.2, 0.25) is 0 Å². The molecule has 1 heterocycles. The summed E-state index contributed by atoms with van der Waals surface area (Å²) >= 11 is 0. The number of nitrogens with zero attached hydrogens (tertiary/aromatic N) is 1. The monoisotopic (exact) mass is 430 g/mol. The van der Waals surface area contributed by atoms with E-state index in [1.54, 1.807) is 36.4 Å². The van der Waals surface area contributed by atoms with Crippen LogP contribution in [0.1, 0.15) is 29.8 Å². The van der Waals surface area contributed by atoms with E-state index in [1.165, 1.54) is 0 Å². The Morgan fingerprint density at radius 2 is 1.77 bits per heavy atom. The van der Waals surface area contributed by atoms with Crippen LogP contribution in [0, 0.1) is 12.8 Å². The minimum absolute atomic E-state index is 0.189. The summed E-state index contributed by atoms with van der Waals surface area (Å²) in [7, 11) is -3.78. The van der Waals surface area contributed by atoms with Crippen molar-refractivity contribution in [3.63, 3.8) is 0 Å². The van der Waals surface area contributed by atoms with Crippen molar-refractivity contribution in [1.29, 1.82) is 0 Å². The summed E-state index contributed by atoms with van der Waals surface area (Å²) in [6, 6.07) is 11.9. The predicted molar refractivity (Wildman–Crippen MR) is 121 cm³/mol. The molecule has 1 amide bonds. The fraction of sp³-hybridized carbons (Fsp3) is 0.409. The van der Waals surface area contributed by atoms with Crippen molar-refractivity contribution in [2.75, 3.05) is 42.3 Å². The number of hydrogen-bond donors (Lipinski definition) is 3. The Kier molecular flexibility index (Phi) is 6.99. The van der Waals surface area contributed by atoms with Gasteiger partial charge in [-0.2, -0.15) is 0 Å². The molecule has 2 aromatic rings. The molecule has 0 unspecified atom stereocenters. The average molecular weight is 431 g/mol. The lowest BCUT2D eigenvalue weighted by molar-refractivity contribution is 0.0949. The zero-order chi connectivity index (χ0) is 21.7. The molecule has 3 N–H and O–H groups in total. The normalized spacial score (nSPS) is 14.6. The number of rotatable bonds is 7. The molecular weight excluding hydrogens is 400 g/mol. The van der Waals surface area contributed by atoms with E-state index in [4.69, 9.17) is 0 Å². The van der Waals surface area contributed by atoms with Crippen molar-refractivity contribution in [3.05, 3.63) is 53.6 Å². The van der Waals surface area contributed by atoms with Gasteiger partial charge in [-0.25, -0.2) is 8.42 Å². The third kappa shape index (κ3) is 5.52. The molecular formula is C22H30N4O3S. The van der Waals surface area contributed by atoms with Crippen molar-refractivity contribution >= 4 is 27.3 Å². The summed E-state index contributed by atoms with van der Waals surface area (Å²) in [5.74, 6) is 0.111. The predicted octanol–water partition coefficient (Wildman–Crippen LogP) is 2.59. The quantitative estimate of drug-likeness (QED) is 0.628. The second-order valence-corrected chi connectivity index (χ2v) is 9.67. The van der Waals surface area contributed by atoms with Gasteiger partial charge in [-0.1, -0.05) is 31.5 Å². The largest absolute Gasteiger partial charge is 0.367 e. The molecule has 0 bridgehead atoms. The lowest BCUT2D eigenvalue weighted by Gasteiger charge is -2.31. The maximum atomic E-state index is 13.0. The van der Waals surface area contributed by atoms with E-state index in [9.17, 15) is 13.2 Å².